The lowest BCUT2D eigenvalue weighted by Crippen LogP contribution is -2.25. The molecule has 0 unspecified atom stereocenters. The molecule has 0 aliphatic heterocycles. The summed E-state index contributed by atoms with van der Waals surface area (Å²) in [5, 5.41) is 14.1. The monoisotopic (exact) mass is 262 g/mol. The third-order valence-corrected chi connectivity index (χ3v) is 3.33. The van der Waals surface area contributed by atoms with Gasteiger partial charge in [-0.2, -0.15) is 0 Å². The molecule has 5 nitrogen and oxygen atoms in total. The van der Waals surface area contributed by atoms with Gasteiger partial charge in [0, 0.05) is 12.0 Å². The van der Waals surface area contributed by atoms with Crippen molar-refractivity contribution in [1.29, 1.82) is 0 Å². The quantitative estimate of drug-likeness (QED) is 0.875. The van der Waals surface area contributed by atoms with Crippen molar-refractivity contribution in [2.24, 2.45) is 5.92 Å². The van der Waals surface area contributed by atoms with Crippen LogP contribution in [0.15, 0.2) is 12.1 Å². The van der Waals surface area contributed by atoms with Crippen LogP contribution in [0, 0.1) is 5.92 Å². The standard InChI is InChI=1S/C14H22N4O/c1-10(2)15-12-8-9-13(18-17-12)16-14(19)11-6-4-3-5-7-11/h8-11H,3-7H2,1-2H3,(H,15,17)(H,16,18,19). The summed E-state index contributed by atoms with van der Waals surface area (Å²) in [7, 11) is 0. The summed E-state index contributed by atoms with van der Waals surface area (Å²) in [6.45, 7) is 4.08. The van der Waals surface area contributed by atoms with E-state index in [4.69, 9.17) is 0 Å². The van der Waals surface area contributed by atoms with E-state index in [2.05, 4.69) is 20.8 Å². The Balaban J connectivity index is 1.89. The van der Waals surface area contributed by atoms with Crippen LogP contribution in [0.25, 0.3) is 0 Å². The third-order valence-electron chi connectivity index (χ3n) is 3.33. The maximum Gasteiger partial charge on any atom is 0.228 e. The number of nitrogens with zero attached hydrogens (tertiary/aromatic N) is 2. The van der Waals surface area contributed by atoms with Gasteiger partial charge in [0.1, 0.15) is 5.82 Å². The zero-order chi connectivity index (χ0) is 13.7. The molecule has 0 radical (unpaired) electrons. The first-order valence-electron chi connectivity index (χ1n) is 7.06. The largest absolute Gasteiger partial charge is 0.366 e. The first-order chi connectivity index (χ1) is 9.15. The number of amides is 1. The molecular formula is C14H22N4O. The van der Waals surface area contributed by atoms with Gasteiger partial charge in [0.2, 0.25) is 5.91 Å². The van der Waals surface area contributed by atoms with Crippen molar-refractivity contribution in [3.63, 3.8) is 0 Å². The second kappa shape index (κ2) is 6.50. The summed E-state index contributed by atoms with van der Waals surface area (Å²) in [5.74, 6) is 1.48. The van der Waals surface area contributed by atoms with Gasteiger partial charge in [-0.15, -0.1) is 10.2 Å². The average molecular weight is 262 g/mol. The van der Waals surface area contributed by atoms with Crippen LogP contribution in [-0.2, 0) is 4.79 Å². The zero-order valence-corrected chi connectivity index (χ0v) is 11.6. The Labute approximate surface area is 114 Å². The highest BCUT2D eigenvalue weighted by molar-refractivity contribution is 5.91. The molecule has 1 aliphatic rings. The molecule has 19 heavy (non-hydrogen) atoms. The van der Waals surface area contributed by atoms with Gasteiger partial charge in [-0.1, -0.05) is 19.3 Å². The van der Waals surface area contributed by atoms with Gasteiger partial charge in [-0.25, -0.2) is 0 Å². The van der Waals surface area contributed by atoms with Crippen LogP contribution in [0.3, 0.4) is 0 Å². The molecule has 0 spiro atoms. The fourth-order valence-electron chi connectivity index (χ4n) is 2.36. The SMILES string of the molecule is CC(C)Nc1ccc(NC(=O)C2CCCCC2)nn1. The third kappa shape index (κ3) is 4.19. The summed E-state index contributed by atoms with van der Waals surface area (Å²) in [6.07, 6.45) is 5.54. The molecule has 0 saturated heterocycles. The first-order valence-corrected chi connectivity index (χ1v) is 7.06. The van der Waals surface area contributed by atoms with Crippen molar-refractivity contribution in [3.05, 3.63) is 12.1 Å². The maximum absolute atomic E-state index is 12.0. The van der Waals surface area contributed by atoms with E-state index in [1.165, 1.54) is 6.42 Å². The van der Waals surface area contributed by atoms with Crippen molar-refractivity contribution in [3.8, 4) is 0 Å². The number of hydrogen-bond donors (Lipinski definition) is 2. The molecule has 1 amide bonds. The van der Waals surface area contributed by atoms with Crippen molar-refractivity contribution >= 4 is 17.5 Å². The molecule has 104 valence electrons. The summed E-state index contributed by atoms with van der Waals surface area (Å²) < 4.78 is 0. The predicted octanol–water partition coefficient (Wildman–Crippen LogP) is 2.82. The lowest BCUT2D eigenvalue weighted by atomic mass is 9.89. The topological polar surface area (TPSA) is 66.9 Å². The number of carbonyl (C=O) groups is 1. The van der Waals surface area contributed by atoms with E-state index in [-0.39, 0.29) is 11.8 Å². The molecule has 0 atom stereocenters. The Kier molecular flexibility index (Phi) is 4.71. The number of anilines is 2. The smallest absolute Gasteiger partial charge is 0.228 e. The van der Waals surface area contributed by atoms with Crippen molar-refractivity contribution in [2.75, 3.05) is 10.6 Å². The lowest BCUT2D eigenvalue weighted by Gasteiger charge is -2.20. The van der Waals surface area contributed by atoms with Crippen molar-refractivity contribution < 1.29 is 4.79 Å². The van der Waals surface area contributed by atoms with Crippen LogP contribution >= 0.6 is 0 Å². The van der Waals surface area contributed by atoms with Crippen LogP contribution in [0.4, 0.5) is 11.6 Å². The maximum atomic E-state index is 12.0. The van der Waals surface area contributed by atoms with Crippen LogP contribution in [0.5, 0.6) is 0 Å². The van der Waals surface area contributed by atoms with Crippen molar-refractivity contribution in [1.82, 2.24) is 10.2 Å². The van der Waals surface area contributed by atoms with Crippen LogP contribution in [0.1, 0.15) is 46.0 Å². The first kappa shape index (κ1) is 13.8. The summed E-state index contributed by atoms with van der Waals surface area (Å²) in [6, 6.07) is 3.94. The number of carbonyl (C=O) groups excluding carboxylic acids is 1. The predicted molar refractivity (Wildman–Crippen MR) is 76.0 cm³/mol. The highest BCUT2D eigenvalue weighted by atomic mass is 16.1. The Morgan fingerprint density at radius 3 is 2.37 bits per heavy atom. The van der Waals surface area contributed by atoms with Crippen LogP contribution < -0.4 is 10.6 Å². The van der Waals surface area contributed by atoms with Gasteiger partial charge in [-0.3, -0.25) is 4.79 Å². The van der Waals surface area contributed by atoms with E-state index in [1.54, 1.807) is 6.07 Å². The second-order valence-electron chi connectivity index (χ2n) is 5.43. The van der Waals surface area contributed by atoms with E-state index in [1.807, 2.05) is 19.9 Å². The van der Waals surface area contributed by atoms with E-state index in [0.29, 0.717) is 11.9 Å². The molecule has 1 aromatic rings. The van der Waals surface area contributed by atoms with E-state index in [0.717, 1.165) is 31.5 Å². The van der Waals surface area contributed by atoms with E-state index in [9.17, 15) is 4.79 Å². The molecule has 5 heteroatoms. The van der Waals surface area contributed by atoms with Crippen LogP contribution in [-0.4, -0.2) is 22.1 Å². The summed E-state index contributed by atoms with van der Waals surface area (Å²) in [4.78, 5) is 12.0. The Bertz CT molecular complexity index is 410. The number of rotatable bonds is 4. The summed E-state index contributed by atoms with van der Waals surface area (Å²) in [5.41, 5.74) is 0. The molecule has 2 N–H and O–H groups in total. The minimum absolute atomic E-state index is 0.0820. The number of hydrogen-bond acceptors (Lipinski definition) is 4. The van der Waals surface area contributed by atoms with E-state index < -0.39 is 0 Å². The fraction of sp³-hybridized carbons (Fsp3) is 0.643. The Hall–Kier alpha value is -1.65. The van der Waals surface area contributed by atoms with Gasteiger partial charge < -0.3 is 10.6 Å². The Morgan fingerprint density at radius 1 is 1.16 bits per heavy atom. The molecule has 1 heterocycles. The fourth-order valence-corrected chi connectivity index (χ4v) is 2.36. The lowest BCUT2D eigenvalue weighted by molar-refractivity contribution is -0.120. The molecule has 1 fully saturated rings. The summed E-state index contributed by atoms with van der Waals surface area (Å²) >= 11 is 0. The van der Waals surface area contributed by atoms with Gasteiger partial charge in [-0.05, 0) is 38.8 Å². The number of nitrogens with one attached hydrogen (secondary N) is 2. The highest BCUT2D eigenvalue weighted by Crippen LogP contribution is 2.24. The minimum atomic E-state index is 0.0820. The normalized spacial score (nSPS) is 16.4. The molecular weight excluding hydrogens is 240 g/mol. The van der Waals surface area contributed by atoms with Gasteiger partial charge in [0.05, 0.1) is 0 Å². The second-order valence-corrected chi connectivity index (χ2v) is 5.43. The van der Waals surface area contributed by atoms with Gasteiger partial charge in [0.25, 0.3) is 0 Å². The average Bonchev–Trinajstić information content (AvgIpc) is 2.41. The highest BCUT2D eigenvalue weighted by Gasteiger charge is 2.21. The van der Waals surface area contributed by atoms with E-state index >= 15 is 0 Å². The Morgan fingerprint density at radius 2 is 1.79 bits per heavy atom. The molecule has 1 aromatic heterocycles. The van der Waals surface area contributed by atoms with Gasteiger partial charge >= 0.3 is 0 Å². The number of aromatic nitrogens is 2. The van der Waals surface area contributed by atoms with Crippen molar-refractivity contribution in [2.45, 2.75) is 52.0 Å². The molecule has 0 aromatic carbocycles. The molecule has 1 saturated carbocycles. The zero-order valence-electron chi connectivity index (χ0n) is 11.6. The molecule has 0 bridgehead atoms. The molecule has 2 rings (SSSR count). The van der Waals surface area contributed by atoms with Crippen LogP contribution in [0.2, 0.25) is 0 Å². The molecule has 1 aliphatic carbocycles. The van der Waals surface area contributed by atoms with Gasteiger partial charge in [0.15, 0.2) is 5.82 Å². The minimum Gasteiger partial charge on any atom is -0.366 e.